The summed E-state index contributed by atoms with van der Waals surface area (Å²) in [6.07, 6.45) is -0.922. The highest BCUT2D eigenvalue weighted by Gasteiger charge is 2.51. The largest absolute Gasteiger partial charge is 0.494 e. The Morgan fingerprint density at radius 2 is 1.80 bits per heavy atom. The second-order valence-electron chi connectivity index (χ2n) is 9.08. The maximum Gasteiger partial charge on any atom is 0.494 e. The Hall–Kier alpha value is -2.17. The maximum absolute atomic E-state index is 11.0. The first kappa shape index (κ1) is 21.1. The van der Waals surface area contributed by atoms with Gasteiger partial charge in [0.25, 0.3) is 6.02 Å². The van der Waals surface area contributed by atoms with E-state index in [9.17, 15) is 10.1 Å². The predicted molar refractivity (Wildman–Crippen MR) is 113 cm³/mol. The Kier molecular flexibility index (Phi) is 5.50. The molecule has 9 nitrogen and oxygen atoms in total. The van der Waals surface area contributed by atoms with Crippen LogP contribution in [0.25, 0.3) is 0 Å². The first-order valence-electron chi connectivity index (χ1n) is 10.4. The summed E-state index contributed by atoms with van der Waals surface area (Å²) in [5, 5.41) is 11.0. The standard InChI is InChI=1S/C20H29BN4O5/c1-19(2)20(3,4)30-21(29-19)16-7-5-15(6-8-16)13-23-9-10-24-14-17(25(26)27)22-18(24)28-12-11-23/h5-8,17H,9-14H2,1-4H3. The van der Waals surface area contributed by atoms with E-state index in [2.05, 4.69) is 61.9 Å². The van der Waals surface area contributed by atoms with Crippen LogP contribution >= 0.6 is 0 Å². The molecule has 0 N–H and O–H groups in total. The molecule has 0 spiro atoms. The smallest absolute Gasteiger partial charge is 0.464 e. The highest BCUT2D eigenvalue weighted by molar-refractivity contribution is 6.62. The Labute approximate surface area is 177 Å². The number of hydrogen-bond donors (Lipinski definition) is 0. The van der Waals surface area contributed by atoms with E-state index in [4.69, 9.17) is 14.0 Å². The minimum atomic E-state index is -0.922. The zero-order chi connectivity index (χ0) is 21.5. The van der Waals surface area contributed by atoms with E-state index in [1.165, 1.54) is 5.56 Å². The fraction of sp³-hybridized carbons (Fsp3) is 0.650. The highest BCUT2D eigenvalue weighted by Crippen LogP contribution is 2.36. The van der Waals surface area contributed by atoms with Gasteiger partial charge >= 0.3 is 13.3 Å². The van der Waals surface area contributed by atoms with Gasteiger partial charge in [-0.25, -0.2) is 0 Å². The molecule has 162 valence electrons. The molecule has 4 rings (SSSR count). The number of aliphatic imine (C=N–C) groups is 1. The molecule has 10 heteroatoms. The summed E-state index contributed by atoms with van der Waals surface area (Å²) in [6.45, 7) is 11.9. The van der Waals surface area contributed by atoms with Crippen molar-refractivity contribution in [3.63, 3.8) is 0 Å². The van der Waals surface area contributed by atoms with Crippen molar-refractivity contribution in [2.75, 3.05) is 32.8 Å². The van der Waals surface area contributed by atoms with Gasteiger partial charge in [-0.3, -0.25) is 15.0 Å². The average Bonchev–Trinajstić information content (AvgIpc) is 3.15. The Morgan fingerprint density at radius 1 is 1.13 bits per heavy atom. The maximum atomic E-state index is 11.0. The van der Waals surface area contributed by atoms with Crippen LogP contribution in [0.15, 0.2) is 29.3 Å². The van der Waals surface area contributed by atoms with E-state index in [0.29, 0.717) is 19.2 Å². The van der Waals surface area contributed by atoms with Crippen molar-refractivity contribution < 1.29 is 19.0 Å². The first-order valence-corrected chi connectivity index (χ1v) is 10.4. The molecular weight excluding hydrogens is 387 g/mol. The molecule has 3 aliphatic heterocycles. The third-order valence-electron chi connectivity index (χ3n) is 6.39. The number of amidine groups is 1. The predicted octanol–water partition coefficient (Wildman–Crippen LogP) is 1.09. The molecule has 0 amide bonds. The van der Waals surface area contributed by atoms with E-state index < -0.39 is 6.17 Å². The van der Waals surface area contributed by atoms with Gasteiger partial charge in [0.2, 0.25) is 0 Å². The SMILES string of the molecule is CC1(C)OB(c2ccc(CN3CCOC4=NC([N+](=O)[O-])CN4CC3)cc2)OC1(C)C. The zero-order valence-corrected chi connectivity index (χ0v) is 18.0. The van der Waals surface area contributed by atoms with E-state index in [0.717, 1.165) is 25.1 Å². The van der Waals surface area contributed by atoms with Crippen LogP contribution in [0.1, 0.15) is 33.3 Å². The summed E-state index contributed by atoms with van der Waals surface area (Å²) < 4.78 is 17.9. The number of ether oxygens (including phenoxy) is 1. The van der Waals surface area contributed by atoms with Gasteiger partial charge < -0.3 is 18.9 Å². The minimum absolute atomic E-state index is 0.277. The summed E-state index contributed by atoms with van der Waals surface area (Å²) >= 11 is 0. The molecule has 0 saturated carbocycles. The second-order valence-corrected chi connectivity index (χ2v) is 9.08. The lowest BCUT2D eigenvalue weighted by Crippen LogP contribution is -2.43. The third-order valence-corrected chi connectivity index (χ3v) is 6.39. The van der Waals surface area contributed by atoms with Crippen molar-refractivity contribution in [2.24, 2.45) is 4.99 Å². The van der Waals surface area contributed by atoms with Crippen LogP contribution in [0.5, 0.6) is 0 Å². The lowest BCUT2D eigenvalue weighted by Gasteiger charge is -2.32. The topological polar surface area (TPSA) is 89.7 Å². The number of nitrogens with zero attached hydrogens (tertiary/aromatic N) is 4. The molecule has 1 aromatic carbocycles. The Morgan fingerprint density at radius 3 is 2.43 bits per heavy atom. The highest BCUT2D eigenvalue weighted by atomic mass is 16.7. The van der Waals surface area contributed by atoms with Crippen LogP contribution in [-0.2, 0) is 20.6 Å². The third kappa shape index (κ3) is 4.17. The van der Waals surface area contributed by atoms with Crippen molar-refractivity contribution in [2.45, 2.75) is 51.6 Å². The summed E-state index contributed by atoms with van der Waals surface area (Å²) in [6, 6.07) is 8.73. The molecule has 1 aromatic rings. The quantitative estimate of drug-likeness (QED) is 0.413. The molecule has 30 heavy (non-hydrogen) atoms. The molecule has 2 saturated heterocycles. The molecule has 2 fully saturated rings. The lowest BCUT2D eigenvalue weighted by atomic mass is 9.79. The second kappa shape index (κ2) is 7.83. The minimum Gasteiger partial charge on any atom is -0.464 e. The number of benzene rings is 1. The van der Waals surface area contributed by atoms with Crippen molar-refractivity contribution in [1.82, 2.24) is 9.80 Å². The molecule has 3 aliphatic rings. The van der Waals surface area contributed by atoms with Gasteiger partial charge in [-0.15, -0.1) is 0 Å². The summed E-state index contributed by atoms with van der Waals surface area (Å²) in [7, 11) is -0.360. The number of rotatable bonds is 4. The van der Waals surface area contributed by atoms with Gasteiger partial charge in [0.1, 0.15) is 13.2 Å². The van der Waals surface area contributed by atoms with Crippen LogP contribution in [0.3, 0.4) is 0 Å². The van der Waals surface area contributed by atoms with E-state index in [1.807, 2.05) is 4.90 Å². The van der Waals surface area contributed by atoms with E-state index >= 15 is 0 Å². The summed E-state index contributed by atoms with van der Waals surface area (Å²) in [4.78, 5) is 18.9. The normalized spacial score (nSPS) is 25.9. The van der Waals surface area contributed by atoms with Crippen LogP contribution in [0.4, 0.5) is 0 Å². The number of nitro groups is 1. The van der Waals surface area contributed by atoms with Crippen LogP contribution < -0.4 is 5.46 Å². The molecule has 0 radical (unpaired) electrons. The zero-order valence-electron chi connectivity index (χ0n) is 18.0. The fourth-order valence-electron chi connectivity index (χ4n) is 3.77. The monoisotopic (exact) mass is 416 g/mol. The van der Waals surface area contributed by atoms with Gasteiger partial charge in [-0.05, 0) is 38.7 Å². The van der Waals surface area contributed by atoms with Gasteiger partial charge in [0.05, 0.1) is 11.2 Å². The van der Waals surface area contributed by atoms with Crippen LogP contribution in [0, 0.1) is 10.1 Å². The molecule has 0 aliphatic carbocycles. The first-order chi connectivity index (χ1) is 14.1. The van der Waals surface area contributed by atoms with Gasteiger partial charge in [-0.2, -0.15) is 4.99 Å². The van der Waals surface area contributed by atoms with Crippen molar-refractivity contribution in [1.29, 1.82) is 0 Å². The van der Waals surface area contributed by atoms with Gasteiger partial charge in [0, 0.05) is 31.1 Å². The van der Waals surface area contributed by atoms with E-state index in [1.54, 1.807) is 0 Å². The molecule has 0 bridgehead atoms. The van der Waals surface area contributed by atoms with Crippen molar-refractivity contribution in [3.05, 3.63) is 39.9 Å². The van der Waals surface area contributed by atoms with Crippen molar-refractivity contribution in [3.8, 4) is 0 Å². The average molecular weight is 416 g/mol. The van der Waals surface area contributed by atoms with Crippen LogP contribution in [0.2, 0.25) is 0 Å². The molecular formula is C20H29BN4O5. The summed E-state index contributed by atoms with van der Waals surface area (Å²) in [5.74, 6) is 0. The lowest BCUT2D eigenvalue weighted by molar-refractivity contribution is -0.518. The Bertz CT molecular complexity index is 813. The molecule has 0 aromatic heterocycles. The van der Waals surface area contributed by atoms with Crippen LogP contribution in [-0.4, -0.2) is 78.0 Å². The van der Waals surface area contributed by atoms with Gasteiger partial charge in [0.15, 0.2) is 0 Å². The summed E-state index contributed by atoms with van der Waals surface area (Å²) in [5.41, 5.74) is 1.49. The van der Waals surface area contributed by atoms with E-state index in [-0.39, 0.29) is 29.8 Å². The number of fused-ring (bicyclic) bond motifs is 1. The van der Waals surface area contributed by atoms with Gasteiger partial charge in [-0.1, -0.05) is 24.3 Å². The molecule has 1 unspecified atom stereocenters. The van der Waals surface area contributed by atoms with Crippen molar-refractivity contribution >= 4 is 18.6 Å². The molecule has 1 atom stereocenters. The number of hydrogen-bond acceptors (Lipinski definition) is 8. The molecule has 3 heterocycles. The Balaban J connectivity index is 1.34. The fourth-order valence-corrected chi connectivity index (χ4v) is 3.77.